The zero-order chi connectivity index (χ0) is 14.1. The lowest BCUT2D eigenvalue weighted by molar-refractivity contribution is 0.105. The highest BCUT2D eigenvalue weighted by atomic mass is 79.9. The maximum atomic E-state index is 5.98. The molecule has 1 fully saturated rings. The normalized spacial score (nSPS) is 25.3. The second kappa shape index (κ2) is 5.78. The lowest BCUT2D eigenvalue weighted by Crippen LogP contribution is -2.43. The second-order valence-electron chi connectivity index (χ2n) is 5.54. The van der Waals surface area contributed by atoms with Crippen molar-refractivity contribution in [2.45, 2.75) is 12.3 Å². The van der Waals surface area contributed by atoms with Gasteiger partial charge in [0.25, 0.3) is 0 Å². The molecule has 3 nitrogen and oxygen atoms in total. The van der Waals surface area contributed by atoms with Crippen LogP contribution in [0.3, 0.4) is 0 Å². The number of fused-ring (bicyclic) bond motifs is 3. The van der Waals surface area contributed by atoms with Gasteiger partial charge in [-0.3, -0.25) is 4.90 Å². The molecule has 0 aromatic heterocycles. The minimum atomic E-state index is 0.527. The number of methoxy groups -OCH3 is 1. The summed E-state index contributed by atoms with van der Waals surface area (Å²) in [4.78, 5) is 2.47. The molecule has 0 aliphatic carbocycles. The Morgan fingerprint density at radius 1 is 1.55 bits per heavy atom. The fourth-order valence-electron chi connectivity index (χ4n) is 3.29. The highest BCUT2D eigenvalue weighted by molar-refractivity contribution is 9.10. The molecule has 0 unspecified atom stereocenters. The Morgan fingerprint density at radius 3 is 3.15 bits per heavy atom. The lowest BCUT2D eigenvalue weighted by Gasteiger charge is -2.42. The van der Waals surface area contributed by atoms with E-state index in [4.69, 9.17) is 9.47 Å². The van der Waals surface area contributed by atoms with Gasteiger partial charge in [-0.05, 0) is 41.0 Å². The standard InChI is InChI=1S/C16H20BrNO2/c1-3-5-18-6-4-11-10-20-16-13(14(11)9-18)7-12(19-2)8-15(16)17/h3,7-8,11,14H,1,4-6,9-10H2,2H3/t11-,14-/m0/s1. The largest absolute Gasteiger partial charge is 0.497 e. The molecule has 1 saturated heterocycles. The van der Waals surface area contributed by atoms with Crippen molar-refractivity contribution in [1.82, 2.24) is 4.90 Å². The molecule has 0 amide bonds. The Morgan fingerprint density at radius 2 is 2.40 bits per heavy atom. The van der Waals surface area contributed by atoms with Crippen LogP contribution in [0.2, 0.25) is 0 Å². The predicted octanol–water partition coefficient (Wildman–Crippen LogP) is 3.44. The number of piperidine rings is 1. The first-order chi connectivity index (χ1) is 9.72. The summed E-state index contributed by atoms with van der Waals surface area (Å²) in [7, 11) is 1.71. The van der Waals surface area contributed by atoms with Gasteiger partial charge in [0.1, 0.15) is 11.5 Å². The quantitative estimate of drug-likeness (QED) is 0.788. The monoisotopic (exact) mass is 337 g/mol. The van der Waals surface area contributed by atoms with Crippen LogP contribution in [0.1, 0.15) is 17.9 Å². The van der Waals surface area contributed by atoms with E-state index in [1.165, 1.54) is 12.0 Å². The smallest absolute Gasteiger partial charge is 0.137 e. The summed E-state index contributed by atoms with van der Waals surface area (Å²) in [5, 5.41) is 0. The molecule has 0 saturated carbocycles. The molecule has 2 heterocycles. The molecule has 4 heteroatoms. The molecule has 3 rings (SSSR count). The third kappa shape index (κ3) is 2.47. The van der Waals surface area contributed by atoms with Gasteiger partial charge < -0.3 is 9.47 Å². The van der Waals surface area contributed by atoms with Gasteiger partial charge in [0.15, 0.2) is 0 Å². The van der Waals surface area contributed by atoms with E-state index in [1.54, 1.807) is 7.11 Å². The van der Waals surface area contributed by atoms with Crippen LogP contribution in [0.25, 0.3) is 0 Å². The molecule has 1 aromatic carbocycles. The molecule has 1 aromatic rings. The van der Waals surface area contributed by atoms with Crippen molar-refractivity contribution in [3.05, 3.63) is 34.8 Å². The Bertz CT molecular complexity index is 517. The Hall–Kier alpha value is -1.00. The van der Waals surface area contributed by atoms with E-state index < -0.39 is 0 Å². The van der Waals surface area contributed by atoms with Crippen molar-refractivity contribution >= 4 is 15.9 Å². The first-order valence-electron chi connectivity index (χ1n) is 7.06. The highest BCUT2D eigenvalue weighted by Crippen LogP contribution is 2.46. The Labute approximate surface area is 128 Å². The molecule has 0 radical (unpaired) electrons. The third-order valence-electron chi connectivity index (χ3n) is 4.35. The molecule has 20 heavy (non-hydrogen) atoms. The number of hydrogen-bond donors (Lipinski definition) is 0. The number of nitrogens with zero attached hydrogens (tertiary/aromatic N) is 1. The average Bonchev–Trinajstić information content (AvgIpc) is 2.47. The molecular weight excluding hydrogens is 318 g/mol. The van der Waals surface area contributed by atoms with Crippen LogP contribution in [-0.4, -0.2) is 38.3 Å². The van der Waals surface area contributed by atoms with Crippen LogP contribution in [0.4, 0.5) is 0 Å². The molecule has 0 bridgehead atoms. The summed E-state index contributed by atoms with van der Waals surface area (Å²) in [5.41, 5.74) is 1.28. The van der Waals surface area contributed by atoms with E-state index in [0.717, 1.165) is 42.2 Å². The van der Waals surface area contributed by atoms with Crippen molar-refractivity contribution < 1.29 is 9.47 Å². The minimum Gasteiger partial charge on any atom is -0.497 e. The summed E-state index contributed by atoms with van der Waals surface area (Å²) >= 11 is 3.60. The van der Waals surface area contributed by atoms with Gasteiger partial charge in [0.2, 0.25) is 0 Å². The van der Waals surface area contributed by atoms with E-state index in [9.17, 15) is 0 Å². The van der Waals surface area contributed by atoms with Gasteiger partial charge in [-0.1, -0.05) is 6.08 Å². The molecule has 0 spiro atoms. The molecular formula is C16H20BrNO2. The van der Waals surface area contributed by atoms with Crippen LogP contribution < -0.4 is 9.47 Å². The number of ether oxygens (including phenoxy) is 2. The number of halogens is 1. The zero-order valence-corrected chi connectivity index (χ0v) is 13.4. The number of hydrogen-bond acceptors (Lipinski definition) is 3. The average molecular weight is 338 g/mol. The van der Waals surface area contributed by atoms with Crippen LogP contribution >= 0.6 is 15.9 Å². The summed E-state index contributed by atoms with van der Waals surface area (Å²) in [6.07, 6.45) is 3.18. The van der Waals surface area contributed by atoms with Crippen molar-refractivity contribution in [3.8, 4) is 11.5 Å². The van der Waals surface area contributed by atoms with Crippen molar-refractivity contribution in [1.29, 1.82) is 0 Å². The fourth-order valence-corrected chi connectivity index (χ4v) is 3.86. The molecule has 2 aliphatic heterocycles. The van der Waals surface area contributed by atoms with E-state index in [0.29, 0.717) is 11.8 Å². The van der Waals surface area contributed by atoms with Crippen molar-refractivity contribution in [3.63, 3.8) is 0 Å². The summed E-state index contributed by atoms with van der Waals surface area (Å²) < 4.78 is 12.4. The Kier molecular flexibility index (Phi) is 4.03. The van der Waals surface area contributed by atoms with Gasteiger partial charge in [-0.15, -0.1) is 6.58 Å². The van der Waals surface area contributed by atoms with Crippen molar-refractivity contribution in [2.75, 3.05) is 33.4 Å². The Balaban J connectivity index is 1.94. The number of rotatable bonds is 3. The number of likely N-dealkylation sites (tertiary alicyclic amines) is 1. The summed E-state index contributed by atoms with van der Waals surface area (Å²) in [6.45, 7) is 7.85. The molecule has 108 valence electrons. The van der Waals surface area contributed by atoms with E-state index in [1.807, 2.05) is 12.1 Å². The van der Waals surface area contributed by atoms with Gasteiger partial charge in [-0.25, -0.2) is 0 Å². The second-order valence-corrected chi connectivity index (χ2v) is 6.40. The summed E-state index contributed by atoms with van der Waals surface area (Å²) in [6, 6.07) is 4.11. The molecule has 2 aliphatic rings. The molecule has 2 atom stereocenters. The van der Waals surface area contributed by atoms with E-state index in [2.05, 4.69) is 33.5 Å². The lowest BCUT2D eigenvalue weighted by atomic mass is 9.79. The predicted molar refractivity (Wildman–Crippen MR) is 83.7 cm³/mol. The maximum absolute atomic E-state index is 5.98. The fraction of sp³-hybridized carbons (Fsp3) is 0.500. The van der Waals surface area contributed by atoms with E-state index in [-0.39, 0.29) is 0 Å². The maximum Gasteiger partial charge on any atom is 0.137 e. The van der Waals surface area contributed by atoms with Gasteiger partial charge in [0, 0.05) is 30.5 Å². The van der Waals surface area contributed by atoms with Crippen LogP contribution in [0.5, 0.6) is 11.5 Å². The van der Waals surface area contributed by atoms with E-state index >= 15 is 0 Å². The van der Waals surface area contributed by atoms with Gasteiger partial charge >= 0.3 is 0 Å². The minimum absolute atomic E-state index is 0.527. The van der Waals surface area contributed by atoms with Crippen molar-refractivity contribution in [2.24, 2.45) is 5.92 Å². The first-order valence-corrected chi connectivity index (χ1v) is 7.85. The van der Waals surface area contributed by atoms with Gasteiger partial charge in [-0.2, -0.15) is 0 Å². The third-order valence-corrected chi connectivity index (χ3v) is 4.94. The number of benzene rings is 1. The van der Waals surface area contributed by atoms with Crippen LogP contribution in [0.15, 0.2) is 29.3 Å². The first kappa shape index (κ1) is 14.0. The summed E-state index contributed by atoms with van der Waals surface area (Å²) in [5.74, 6) is 3.02. The highest BCUT2D eigenvalue weighted by Gasteiger charge is 2.36. The zero-order valence-electron chi connectivity index (χ0n) is 11.8. The van der Waals surface area contributed by atoms with Crippen LogP contribution in [0, 0.1) is 5.92 Å². The van der Waals surface area contributed by atoms with Gasteiger partial charge in [0.05, 0.1) is 18.2 Å². The topological polar surface area (TPSA) is 21.7 Å². The van der Waals surface area contributed by atoms with Crippen LogP contribution in [-0.2, 0) is 0 Å². The SMILES string of the molecule is C=CCN1CC[C@H]2COc3c(Br)cc(OC)cc3[C@H]2C1. The molecule has 0 N–H and O–H groups in total.